The normalized spacial score (nSPS) is 12.2. The van der Waals surface area contributed by atoms with Crippen LogP contribution in [0, 0.1) is 13.8 Å². The van der Waals surface area contributed by atoms with E-state index >= 15 is 0 Å². The van der Waals surface area contributed by atoms with Crippen LogP contribution in [0.3, 0.4) is 0 Å². The zero-order valence-corrected chi connectivity index (χ0v) is 15.1. The van der Waals surface area contributed by atoms with Gasteiger partial charge in [0.1, 0.15) is 11.4 Å². The van der Waals surface area contributed by atoms with Gasteiger partial charge in [0.15, 0.2) is 5.69 Å². The van der Waals surface area contributed by atoms with E-state index < -0.39 is 12.0 Å². The summed E-state index contributed by atoms with van der Waals surface area (Å²) in [4.78, 5) is 21.2. The third kappa shape index (κ3) is 2.84. The second-order valence-electron chi connectivity index (χ2n) is 6.04. The van der Waals surface area contributed by atoms with Crippen molar-refractivity contribution in [1.29, 1.82) is 0 Å². The molecule has 0 radical (unpaired) electrons. The first-order valence-corrected chi connectivity index (χ1v) is 9.58. The fraction of sp³-hybridized carbons (Fsp3) is 0.100. The highest BCUT2D eigenvalue weighted by atomic mass is 31.2. The van der Waals surface area contributed by atoms with Crippen molar-refractivity contribution < 1.29 is 14.4 Å². The minimum absolute atomic E-state index is 0.524. The van der Waals surface area contributed by atoms with Crippen molar-refractivity contribution in [3.05, 3.63) is 90.0 Å². The summed E-state index contributed by atoms with van der Waals surface area (Å²) in [6.07, 6.45) is 0. The number of quaternary nitrogens is 1. The quantitative estimate of drug-likeness (QED) is 0.620. The Kier molecular flexibility index (Phi) is 4.63. The van der Waals surface area contributed by atoms with Gasteiger partial charge in [-0.25, -0.2) is 4.57 Å². The van der Waals surface area contributed by atoms with Crippen LogP contribution in [0.15, 0.2) is 78.9 Å². The highest BCUT2D eigenvalue weighted by Crippen LogP contribution is 2.64. The van der Waals surface area contributed by atoms with E-state index in [1.807, 2.05) is 38.1 Å². The number of rotatable bonds is 4. The summed E-state index contributed by atoms with van der Waals surface area (Å²) in [7, 11) is -4.68. The Bertz CT molecular complexity index is 881. The molecule has 3 rings (SSSR count). The third-order valence-corrected chi connectivity index (χ3v) is 6.03. The summed E-state index contributed by atoms with van der Waals surface area (Å²) in [5.74, 6) is 0. The molecule has 4 nitrogen and oxygen atoms in total. The van der Waals surface area contributed by atoms with Crippen LogP contribution in [0.5, 0.6) is 0 Å². The monoisotopic (exact) mass is 354 g/mol. The lowest BCUT2D eigenvalue weighted by Crippen LogP contribution is -2.35. The number of aryl methyl sites for hydroxylation is 1. The molecule has 0 saturated heterocycles. The molecule has 3 aromatic carbocycles. The Morgan fingerprint density at radius 2 is 1.20 bits per heavy atom. The molecule has 0 aliphatic heterocycles. The molecule has 0 aliphatic carbocycles. The molecule has 25 heavy (non-hydrogen) atoms. The zero-order chi connectivity index (χ0) is 18.1. The molecule has 5 heteroatoms. The van der Waals surface area contributed by atoms with E-state index in [1.54, 1.807) is 54.6 Å². The van der Waals surface area contributed by atoms with E-state index in [9.17, 15) is 14.4 Å². The maximum absolute atomic E-state index is 13.0. The van der Waals surface area contributed by atoms with Gasteiger partial charge in [0.2, 0.25) is 0 Å². The maximum Gasteiger partial charge on any atom is 0.541 e. The van der Waals surface area contributed by atoms with E-state index in [0.717, 1.165) is 11.1 Å². The molecular formula is C20H21NO3P+. The molecule has 0 aliphatic rings. The summed E-state index contributed by atoms with van der Waals surface area (Å²) < 4.78 is 12.3. The van der Waals surface area contributed by atoms with Crippen LogP contribution in [-0.4, -0.2) is 9.79 Å². The van der Waals surface area contributed by atoms with Gasteiger partial charge in [0, 0.05) is 35.9 Å². The first-order chi connectivity index (χ1) is 11.9. The molecule has 0 atom stereocenters. The van der Waals surface area contributed by atoms with E-state index in [1.165, 1.54) is 0 Å². The van der Waals surface area contributed by atoms with Crippen LogP contribution >= 0.6 is 7.75 Å². The number of para-hydroxylation sites is 2. The van der Waals surface area contributed by atoms with Crippen LogP contribution in [0.25, 0.3) is 0 Å². The van der Waals surface area contributed by atoms with Crippen molar-refractivity contribution in [2.75, 3.05) is 0 Å². The van der Waals surface area contributed by atoms with Gasteiger partial charge in [-0.2, -0.15) is 0 Å². The number of hydrogen-bond acceptors (Lipinski definition) is 1. The number of hydrogen-bond donors (Lipinski definition) is 2. The van der Waals surface area contributed by atoms with Crippen molar-refractivity contribution in [2.24, 2.45) is 0 Å². The SMILES string of the molecule is Cc1cccc([N+](c2ccccc2)(c2ccccc2)P(=O)(O)O)c1C. The zero-order valence-electron chi connectivity index (χ0n) is 14.2. The second-order valence-corrected chi connectivity index (χ2v) is 7.67. The fourth-order valence-electron chi connectivity index (χ4n) is 3.24. The summed E-state index contributed by atoms with van der Waals surface area (Å²) in [6, 6.07) is 23.5. The van der Waals surface area contributed by atoms with Gasteiger partial charge in [-0.15, -0.1) is 4.25 Å². The second kappa shape index (κ2) is 6.58. The molecule has 0 unspecified atom stereocenters. The maximum atomic E-state index is 13.0. The third-order valence-electron chi connectivity index (χ3n) is 4.58. The van der Waals surface area contributed by atoms with Crippen molar-refractivity contribution in [2.45, 2.75) is 13.8 Å². The summed E-state index contributed by atoms with van der Waals surface area (Å²) in [5.41, 5.74) is 3.47. The summed E-state index contributed by atoms with van der Waals surface area (Å²) >= 11 is 0. The molecule has 128 valence electrons. The van der Waals surface area contributed by atoms with Crippen molar-refractivity contribution in [1.82, 2.24) is 4.25 Å². The van der Waals surface area contributed by atoms with Crippen LogP contribution in [0.2, 0.25) is 0 Å². The van der Waals surface area contributed by atoms with Gasteiger partial charge in [-0.05, 0) is 19.4 Å². The first-order valence-electron chi connectivity index (χ1n) is 8.02. The van der Waals surface area contributed by atoms with Crippen LogP contribution in [-0.2, 0) is 4.57 Å². The average molecular weight is 354 g/mol. The molecule has 0 heterocycles. The van der Waals surface area contributed by atoms with Crippen molar-refractivity contribution in [3.63, 3.8) is 0 Å². The van der Waals surface area contributed by atoms with Crippen LogP contribution in [0.1, 0.15) is 11.1 Å². The largest absolute Gasteiger partial charge is 0.541 e. The predicted molar refractivity (Wildman–Crippen MR) is 102 cm³/mol. The molecule has 3 aromatic rings. The van der Waals surface area contributed by atoms with Gasteiger partial charge in [-0.1, -0.05) is 48.5 Å². The van der Waals surface area contributed by atoms with E-state index in [2.05, 4.69) is 0 Å². The number of nitrogens with zero attached hydrogens (tertiary/aromatic N) is 1. The van der Waals surface area contributed by atoms with Crippen LogP contribution < -0.4 is 4.25 Å². The molecule has 0 saturated carbocycles. The van der Waals surface area contributed by atoms with Gasteiger partial charge >= 0.3 is 7.75 Å². The smallest absolute Gasteiger partial charge is 0.278 e. The lowest BCUT2D eigenvalue weighted by atomic mass is 10.1. The van der Waals surface area contributed by atoms with Crippen molar-refractivity contribution in [3.8, 4) is 0 Å². The minimum Gasteiger partial charge on any atom is -0.278 e. The van der Waals surface area contributed by atoms with Gasteiger partial charge < -0.3 is 0 Å². The topological polar surface area (TPSA) is 57.5 Å². The predicted octanol–water partition coefficient (Wildman–Crippen LogP) is 5.37. The van der Waals surface area contributed by atoms with Gasteiger partial charge in [0.25, 0.3) is 0 Å². The Labute approximate surface area is 147 Å². The summed E-state index contributed by atoms with van der Waals surface area (Å²) in [6.45, 7) is 3.85. The molecule has 0 bridgehead atoms. The average Bonchev–Trinajstić information content (AvgIpc) is 2.60. The number of benzene rings is 3. The Morgan fingerprint density at radius 3 is 1.64 bits per heavy atom. The molecule has 2 N–H and O–H groups in total. The van der Waals surface area contributed by atoms with Gasteiger partial charge in [-0.3, -0.25) is 9.79 Å². The van der Waals surface area contributed by atoms with Crippen molar-refractivity contribution >= 4 is 24.8 Å². The van der Waals surface area contributed by atoms with E-state index in [4.69, 9.17) is 0 Å². The van der Waals surface area contributed by atoms with Crippen LogP contribution in [0.4, 0.5) is 17.1 Å². The molecule has 0 amide bonds. The molecule has 0 fully saturated rings. The Balaban J connectivity index is 2.51. The molecule has 0 spiro atoms. The Hall–Kier alpha value is -2.23. The van der Waals surface area contributed by atoms with E-state index in [0.29, 0.717) is 17.1 Å². The Morgan fingerprint density at radius 1 is 0.720 bits per heavy atom. The lowest BCUT2D eigenvalue weighted by Gasteiger charge is -2.37. The van der Waals surface area contributed by atoms with Gasteiger partial charge in [0.05, 0.1) is 0 Å². The molecule has 0 aromatic heterocycles. The highest BCUT2D eigenvalue weighted by molar-refractivity contribution is 7.52. The summed E-state index contributed by atoms with van der Waals surface area (Å²) in [5, 5.41) is 0. The highest BCUT2D eigenvalue weighted by Gasteiger charge is 2.53. The lowest BCUT2D eigenvalue weighted by molar-refractivity contribution is 0.332. The minimum atomic E-state index is -4.68. The molecular weight excluding hydrogens is 333 g/mol. The first kappa shape index (κ1) is 17.6. The fourth-order valence-corrected chi connectivity index (χ4v) is 4.61. The standard InChI is InChI=1S/C20H20NO3P/c1-16-10-9-15-20(17(16)2)21(25(22,23)24,18-11-5-3-6-12-18)19-13-7-4-8-14-19/h3-15H,1-2H3,(H-,22,23,24)/p+1. The van der Waals surface area contributed by atoms with E-state index in [-0.39, 0.29) is 0 Å².